The highest BCUT2D eigenvalue weighted by atomic mass is 32.1. The number of fused-ring (bicyclic) bond motifs is 1. The summed E-state index contributed by atoms with van der Waals surface area (Å²) in [7, 11) is 1.57. The van der Waals surface area contributed by atoms with Gasteiger partial charge in [0.2, 0.25) is 5.88 Å². The molecule has 1 unspecified atom stereocenters. The average Bonchev–Trinajstić information content (AvgIpc) is 3.61. The van der Waals surface area contributed by atoms with Crippen LogP contribution in [0, 0.1) is 0 Å². The maximum absolute atomic E-state index is 13.3. The maximum Gasteiger partial charge on any atom is 0.275 e. The molecule has 0 aliphatic carbocycles. The summed E-state index contributed by atoms with van der Waals surface area (Å²) in [5.41, 5.74) is 2.61. The van der Waals surface area contributed by atoms with Gasteiger partial charge in [-0.25, -0.2) is 9.97 Å². The Morgan fingerprint density at radius 1 is 1.08 bits per heavy atom. The predicted octanol–water partition coefficient (Wildman–Crippen LogP) is 4.17. The number of thiazole rings is 1. The van der Waals surface area contributed by atoms with Crippen molar-refractivity contribution in [1.82, 2.24) is 20.3 Å². The van der Waals surface area contributed by atoms with E-state index >= 15 is 0 Å². The molecule has 3 aromatic heterocycles. The first kappa shape index (κ1) is 23.8. The molecule has 37 heavy (non-hydrogen) atoms. The maximum atomic E-state index is 13.3. The largest absolute Gasteiger partial charge is 0.481 e. The van der Waals surface area contributed by atoms with Gasteiger partial charge in [0.25, 0.3) is 5.91 Å². The van der Waals surface area contributed by atoms with E-state index in [1.54, 1.807) is 30.7 Å². The van der Waals surface area contributed by atoms with Gasteiger partial charge in [0.1, 0.15) is 12.0 Å². The zero-order valence-corrected chi connectivity index (χ0v) is 21.7. The smallest absolute Gasteiger partial charge is 0.275 e. The number of rotatable bonds is 6. The molecule has 3 aliphatic heterocycles. The van der Waals surface area contributed by atoms with E-state index in [9.17, 15) is 4.79 Å². The fourth-order valence-corrected chi connectivity index (χ4v) is 6.02. The number of carbonyl (C=O) groups is 1. The fraction of sp³-hybridized carbons (Fsp3) is 0.462. The van der Waals surface area contributed by atoms with Crippen LogP contribution in [0.2, 0.25) is 0 Å². The second kappa shape index (κ2) is 10.4. The van der Waals surface area contributed by atoms with Crippen molar-refractivity contribution in [2.24, 2.45) is 0 Å². The van der Waals surface area contributed by atoms with Crippen LogP contribution in [0.4, 0.5) is 16.6 Å². The van der Waals surface area contributed by atoms with Gasteiger partial charge in [-0.2, -0.15) is 4.98 Å². The van der Waals surface area contributed by atoms with Gasteiger partial charge in [-0.05, 0) is 50.7 Å². The topological polar surface area (TPSA) is 105 Å². The van der Waals surface area contributed by atoms with E-state index in [4.69, 9.17) is 19.4 Å². The SMILES string of the molecule is COc1cc(C2NC(C(=O)Nc3cc4sc(N5CCCCC5)nc4nc3N3CCCCC3)=CO2)ccn1. The Bertz CT molecular complexity index is 1310. The molecule has 0 spiro atoms. The first-order chi connectivity index (χ1) is 18.2. The molecule has 0 bridgehead atoms. The Morgan fingerprint density at radius 3 is 2.59 bits per heavy atom. The molecule has 6 heterocycles. The van der Waals surface area contributed by atoms with Gasteiger partial charge in [0.15, 0.2) is 22.8 Å². The summed E-state index contributed by atoms with van der Waals surface area (Å²) in [4.78, 5) is 31.9. The summed E-state index contributed by atoms with van der Waals surface area (Å²) in [5.74, 6) is 0.995. The van der Waals surface area contributed by atoms with E-state index in [0.29, 0.717) is 17.3 Å². The minimum Gasteiger partial charge on any atom is -0.481 e. The lowest BCUT2D eigenvalue weighted by Crippen LogP contribution is -2.32. The lowest BCUT2D eigenvalue weighted by molar-refractivity contribution is -0.113. The zero-order chi connectivity index (χ0) is 25.2. The average molecular weight is 522 g/mol. The van der Waals surface area contributed by atoms with Crippen LogP contribution in [-0.4, -0.2) is 54.1 Å². The van der Waals surface area contributed by atoms with Crippen LogP contribution in [0.5, 0.6) is 5.88 Å². The minimum atomic E-state index is -0.492. The summed E-state index contributed by atoms with van der Waals surface area (Å²) in [6, 6.07) is 5.63. The molecule has 3 aromatic rings. The number of ether oxygens (including phenoxy) is 2. The Kier molecular flexibility index (Phi) is 6.69. The highest BCUT2D eigenvalue weighted by Crippen LogP contribution is 2.36. The number of anilines is 3. The van der Waals surface area contributed by atoms with Gasteiger partial charge in [-0.3, -0.25) is 4.79 Å². The third kappa shape index (κ3) is 5.00. The Morgan fingerprint density at radius 2 is 1.84 bits per heavy atom. The molecule has 0 saturated carbocycles. The zero-order valence-electron chi connectivity index (χ0n) is 20.9. The van der Waals surface area contributed by atoms with Crippen LogP contribution >= 0.6 is 11.3 Å². The third-order valence-electron chi connectivity index (χ3n) is 7.01. The Labute approximate surface area is 219 Å². The first-order valence-corrected chi connectivity index (χ1v) is 13.7. The lowest BCUT2D eigenvalue weighted by Gasteiger charge is -2.29. The van der Waals surface area contributed by atoms with E-state index < -0.39 is 6.23 Å². The highest BCUT2D eigenvalue weighted by molar-refractivity contribution is 7.22. The first-order valence-electron chi connectivity index (χ1n) is 12.9. The Hall–Kier alpha value is -3.60. The molecule has 1 amide bonds. The molecule has 0 radical (unpaired) electrons. The molecule has 0 aromatic carbocycles. The third-order valence-corrected chi connectivity index (χ3v) is 8.06. The number of amides is 1. The summed E-state index contributed by atoms with van der Waals surface area (Å²) >= 11 is 1.64. The van der Waals surface area contributed by atoms with Crippen molar-refractivity contribution < 1.29 is 14.3 Å². The molecular formula is C26H31N7O3S. The fourth-order valence-electron chi connectivity index (χ4n) is 5.02. The summed E-state index contributed by atoms with van der Waals surface area (Å²) in [6.45, 7) is 3.90. The van der Waals surface area contributed by atoms with Crippen LogP contribution in [0.15, 0.2) is 36.4 Å². The minimum absolute atomic E-state index is 0.274. The van der Waals surface area contributed by atoms with Crippen LogP contribution in [0.1, 0.15) is 50.3 Å². The lowest BCUT2D eigenvalue weighted by atomic mass is 10.1. The summed E-state index contributed by atoms with van der Waals surface area (Å²) in [6.07, 6.45) is 9.72. The molecule has 10 nitrogen and oxygen atoms in total. The molecule has 2 N–H and O–H groups in total. The van der Waals surface area contributed by atoms with E-state index in [1.165, 1.54) is 31.9 Å². The standard InChI is InChI=1S/C26H31N7O3S/c1-35-21-14-17(8-9-27-21)25-29-19(16-36-25)24(34)28-18-15-20-22(30-23(18)32-10-4-2-5-11-32)31-26(37-20)33-12-6-3-7-13-33/h8-9,14-16,25,29H,2-7,10-13H2,1H3,(H,28,34). The van der Waals surface area contributed by atoms with E-state index in [2.05, 4.69) is 25.4 Å². The van der Waals surface area contributed by atoms with Gasteiger partial charge in [-0.15, -0.1) is 0 Å². The van der Waals surface area contributed by atoms with Crippen LogP contribution in [-0.2, 0) is 9.53 Å². The molecule has 1 atom stereocenters. The summed E-state index contributed by atoms with van der Waals surface area (Å²) in [5, 5.41) is 7.27. The highest BCUT2D eigenvalue weighted by Gasteiger charge is 2.27. The number of piperidine rings is 2. The molecule has 2 saturated heterocycles. The second-order valence-electron chi connectivity index (χ2n) is 9.55. The molecule has 11 heteroatoms. The molecule has 3 aliphatic rings. The van der Waals surface area contributed by atoms with Crippen LogP contribution in [0.3, 0.4) is 0 Å². The Balaban J connectivity index is 1.25. The second-order valence-corrected chi connectivity index (χ2v) is 10.6. The van der Waals surface area contributed by atoms with Crippen LogP contribution < -0.4 is 25.2 Å². The number of hydrogen-bond donors (Lipinski definition) is 2. The van der Waals surface area contributed by atoms with Crippen molar-refractivity contribution in [2.75, 3.05) is 48.4 Å². The van der Waals surface area contributed by atoms with Crippen molar-refractivity contribution in [3.05, 3.63) is 41.9 Å². The van der Waals surface area contributed by atoms with E-state index in [-0.39, 0.29) is 5.91 Å². The number of carbonyl (C=O) groups excluding carboxylic acids is 1. The number of aromatic nitrogens is 3. The number of methoxy groups -OCH3 is 1. The van der Waals surface area contributed by atoms with Crippen molar-refractivity contribution >= 4 is 44.2 Å². The van der Waals surface area contributed by atoms with E-state index in [1.807, 2.05) is 12.1 Å². The molecule has 194 valence electrons. The molecule has 6 rings (SSSR count). The monoisotopic (exact) mass is 521 g/mol. The van der Waals surface area contributed by atoms with E-state index in [0.717, 1.165) is 65.9 Å². The van der Waals surface area contributed by atoms with Crippen molar-refractivity contribution in [1.29, 1.82) is 0 Å². The molecular weight excluding hydrogens is 490 g/mol. The normalized spacial score (nSPS) is 19.8. The summed E-state index contributed by atoms with van der Waals surface area (Å²) < 4.78 is 11.9. The van der Waals surface area contributed by atoms with Crippen LogP contribution in [0.25, 0.3) is 10.3 Å². The quantitative estimate of drug-likeness (QED) is 0.494. The number of hydrogen-bond acceptors (Lipinski definition) is 10. The number of nitrogens with one attached hydrogen (secondary N) is 2. The van der Waals surface area contributed by atoms with Gasteiger partial charge in [-0.1, -0.05) is 11.3 Å². The van der Waals surface area contributed by atoms with Crippen molar-refractivity contribution in [3.63, 3.8) is 0 Å². The van der Waals surface area contributed by atoms with Gasteiger partial charge in [0.05, 0.1) is 17.5 Å². The predicted molar refractivity (Wildman–Crippen MR) is 144 cm³/mol. The molecule has 2 fully saturated rings. The van der Waals surface area contributed by atoms with Crippen molar-refractivity contribution in [2.45, 2.75) is 44.8 Å². The van der Waals surface area contributed by atoms with Crippen molar-refractivity contribution in [3.8, 4) is 5.88 Å². The van der Waals surface area contributed by atoms with Gasteiger partial charge >= 0.3 is 0 Å². The van der Waals surface area contributed by atoms with Gasteiger partial charge < -0.3 is 29.9 Å². The van der Waals surface area contributed by atoms with Gasteiger partial charge in [0, 0.05) is 44.0 Å². The number of nitrogens with zero attached hydrogens (tertiary/aromatic N) is 5. The number of pyridine rings is 2.